The van der Waals surface area contributed by atoms with Crippen LogP contribution in [0, 0.1) is 17.1 Å². The first-order valence-corrected chi connectivity index (χ1v) is 12.6. The molecule has 0 N–H and O–H groups in total. The number of nitrogens with zero attached hydrogens (tertiary/aromatic N) is 2. The van der Waals surface area contributed by atoms with Crippen molar-refractivity contribution in [2.24, 2.45) is 0 Å². The average molecular weight is 515 g/mol. The lowest BCUT2D eigenvalue weighted by atomic mass is 9.90. The van der Waals surface area contributed by atoms with Crippen molar-refractivity contribution in [3.8, 4) is 22.9 Å². The highest BCUT2D eigenvalue weighted by Gasteiger charge is 2.35. The maximum Gasteiger partial charge on any atom is 0.131 e. The number of halogens is 3. The van der Waals surface area contributed by atoms with Gasteiger partial charge in [0.05, 0.1) is 5.56 Å². The Morgan fingerprint density at radius 3 is 2.65 bits per heavy atom. The highest BCUT2D eigenvalue weighted by atomic mass is 35.5. The van der Waals surface area contributed by atoms with E-state index >= 15 is 4.39 Å². The van der Waals surface area contributed by atoms with Crippen LogP contribution in [-0.2, 0) is 25.9 Å². The molecular weight excluding hydrogens is 490 g/mol. The summed E-state index contributed by atoms with van der Waals surface area (Å²) in [5.41, 5.74) is 5.98. The zero-order valence-corrected chi connectivity index (χ0v) is 21.1. The number of ether oxygens (including phenoxy) is 1. The topological polar surface area (TPSA) is 45.9 Å². The van der Waals surface area contributed by atoms with Gasteiger partial charge in [0, 0.05) is 40.9 Å². The number of aromatic nitrogens is 1. The molecule has 0 spiro atoms. The number of pyridine rings is 1. The minimum absolute atomic E-state index is 0.237. The Balaban J connectivity index is 1.44. The fraction of sp³-hybridized carbons (Fsp3) is 0.226. The second-order valence-corrected chi connectivity index (χ2v) is 9.68. The fourth-order valence-corrected chi connectivity index (χ4v) is 5.37. The molecule has 1 aromatic heterocycles. The molecular formula is C31H25ClF2N2O. The Labute approximate surface area is 220 Å². The highest BCUT2D eigenvalue weighted by Crippen LogP contribution is 2.44. The molecule has 1 unspecified atom stereocenters. The van der Waals surface area contributed by atoms with Crippen molar-refractivity contribution >= 4 is 11.6 Å². The predicted molar refractivity (Wildman–Crippen MR) is 141 cm³/mol. The summed E-state index contributed by atoms with van der Waals surface area (Å²) in [4.78, 5) is 4.09. The molecule has 0 saturated heterocycles. The van der Waals surface area contributed by atoms with E-state index in [1.807, 2.05) is 37.3 Å². The van der Waals surface area contributed by atoms with E-state index in [-0.39, 0.29) is 18.8 Å². The van der Waals surface area contributed by atoms with Crippen molar-refractivity contribution in [3.05, 3.63) is 117 Å². The summed E-state index contributed by atoms with van der Waals surface area (Å²) in [7, 11) is 0. The fourth-order valence-electron chi connectivity index (χ4n) is 5.11. The van der Waals surface area contributed by atoms with Gasteiger partial charge in [-0.2, -0.15) is 5.26 Å². The normalized spacial score (nSPS) is 16.3. The lowest BCUT2D eigenvalue weighted by molar-refractivity contribution is 0.295. The molecule has 0 amide bonds. The zero-order chi connectivity index (χ0) is 25.9. The van der Waals surface area contributed by atoms with Crippen molar-refractivity contribution in [2.45, 2.75) is 44.9 Å². The van der Waals surface area contributed by atoms with Crippen LogP contribution in [0.1, 0.15) is 46.2 Å². The first kappa shape index (κ1) is 24.9. The summed E-state index contributed by atoms with van der Waals surface area (Å²) in [6.45, 7) is 2.27. The number of hydrogen-bond acceptors (Lipinski definition) is 3. The molecule has 1 heterocycles. The Kier molecular flexibility index (Phi) is 7.21. The van der Waals surface area contributed by atoms with Gasteiger partial charge in [-0.05, 0) is 64.9 Å². The molecule has 1 aliphatic rings. The number of benzene rings is 3. The molecule has 0 aliphatic heterocycles. The summed E-state index contributed by atoms with van der Waals surface area (Å²) in [6, 6.07) is 19.9. The monoisotopic (exact) mass is 514 g/mol. The maximum atomic E-state index is 15.5. The third-order valence-corrected chi connectivity index (χ3v) is 7.33. The molecule has 4 aromatic rings. The van der Waals surface area contributed by atoms with Gasteiger partial charge in [-0.15, -0.1) is 0 Å². The van der Waals surface area contributed by atoms with Gasteiger partial charge in [0.1, 0.15) is 30.4 Å². The van der Waals surface area contributed by atoms with Crippen molar-refractivity contribution in [1.29, 1.82) is 5.26 Å². The van der Waals surface area contributed by atoms with Crippen LogP contribution in [0.15, 0.2) is 73.1 Å². The number of alkyl halides is 1. The second kappa shape index (κ2) is 10.7. The molecule has 0 radical (unpaired) electrons. The molecule has 3 nitrogen and oxygen atoms in total. The van der Waals surface area contributed by atoms with Crippen LogP contribution in [0.4, 0.5) is 8.78 Å². The van der Waals surface area contributed by atoms with Crippen LogP contribution in [0.5, 0.6) is 5.75 Å². The molecule has 0 saturated carbocycles. The quantitative estimate of drug-likeness (QED) is 0.253. The highest BCUT2D eigenvalue weighted by molar-refractivity contribution is 6.31. The Hall–Kier alpha value is -3.75. The molecule has 5 rings (SSSR count). The van der Waals surface area contributed by atoms with Gasteiger partial charge in [-0.25, -0.2) is 8.78 Å². The van der Waals surface area contributed by atoms with E-state index in [9.17, 15) is 4.39 Å². The summed E-state index contributed by atoms with van der Waals surface area (Å²) >= 11 is 6.66. The minimum Gasteiger partial charge on any atom is -0.489 e. The molecule has 1 aliphatic carbocycles. The minimum atomic E-state index is -1.10. The van der Waals surface area contributed by atoms with Gasteiger partial charge in [-0.1, -0.05) is 54.9 Å². The van der Waals surface area contributed by atoms with E-state index in [1.165, 1.54) is 12.3 Å². The van der Waals surface area contributed by atoms with Gasteiger partial charge in [0.15, 0.2) is 0 Å². The summed E-state index contributed by atoms with van der Waals surface area (Å²) in [6.07, 6.45) is 3.43. The van der Waals surface area contributed by atoms with Gasteiger partial charge in [0.2, 0.25) is 0 Å². The summed E-state index contributed by atoms with van der Waals surface area (Å²) < 4.78 is 36.1. The first-order chi connectivity index (χ1) is 18.0. The van der Waals surface area contributed by atoms with E-state index < -0.39 is 12.1 Å². The van der Waals surface area contributed by atoms with E-state index in [4.69, 9.17) is 21.6 Å². The standard InChI is InChI=1S/C31H25ClF2N2O/c1-2-21-12-28(32)22(13-31(21)37-18-20-10-19(15-35)16-36-17-20)11-27-24-8-5-7-23(26(24)14-30(27)34)25-6-3-4-9-29(25)33/h3-10,12-13,16-17,27,30H,2,11,14,18H2,1H3/t27-,30?/m1/s1. The Morgan fingerprint density at radius 1 is 1.05 bits per heavy atom. The third kappa shape index (κ3) is 5.08. The van der Waals surface area contributed by atoms with Crippen molar-refractivity contribution in [1.82, 2.24) is 4.98 Å². The van der Waals surface area contributed by atoms with Crippen LogP contribution in [0.25, 0.3) is 11.1 Å². The van der Waals surface area contributed by atoms with Crippen LogP contribution < -0.4 is 4.74 Å². The lowest BCUT2D eigenvalue weighted by Crippen LogP contribution is -2.12. The van der Waals surface area contributed by atoms with E-state index in [2.05, 4.69) is 11.1 Å². The van der Waals surface area contributed by atoms with Gasteiger partial charge >= 0.3 is 0 Å². The smallest absolute Gasteiger partial charge is 0.131 e. The number of nitriles is 1. The summed E-state index contributed by atoms with van der Waals surface area (Å²) in [5, 5.41) is 9.70. The molecule has 0 fully saturated rings. The van der Waals surface area contributed by atoms with Crippen LogP contribution in [-0.4, -0.2) is 11.2 Å². The van der Waals surface area contributed by atoms with Gasteiger partial charge < -0.3 is 4.74 Å². The number of fused-ring (bicyclic) bond motifs is 1. The molecule has 3 aromatic carbocycles. The number of aryl methyl sites for hydroxylation is 1. The SMILES string of the molecule is CCc1cc(Cl)c(C[C@@H]2c3cccc(-c4ccccc4F)c3CC2F)cc1OCc1cncc(C#N)c1. The van der Waals surface area contributed by atoms with Gasteiger partial charge in [-0.3, -0.25) is 4.98 Å². The van der Waals surface area contributed by atoms with Crippen LogP contribution in [0.3, 0.4) is 0 Å². The largest absolute Gasteiger partial charge is 0.489 e. The average Bonchev–Trinajstić information content (AvgIpc) is 3.24. The Bertz CT molecular complexity index is 1500. The number of hydrogen-bond donors (Lipinski definition) is 0. The summed E-state index contributed by atoms with van der Waals surface area (Å²) in [5.74, 6) is -0.0284. The van der Waals surface area contributed by atoms with E-state index in [1.54, 1.807) is 30.5 Å². The van der Waals surface area contributed by atoms with E-state index in [0.717, 1.165) is 39.8 Å². The molecule has 6 heteroatoms. The second-order valence-electron chi connectivity index (χ2n) is 9.27. The first-order valence-electron chi connectivity index (χ1n) is 12.3. The number of rotatable bonds is 7. The van der Waals surface area contributed by atoms with Crippen molar-refractivity contribution in [2.75, 3.05) is 0 Å². The molecule has 0 bridgehead atoms. The third-order valence-electron chi connectivity index (χ3n) is 6.98. The predicted octanol–water partition coefficient (Wildman–Crippen LogP) is 7.77. The lowest BCUT2D eigenvalue weighted by Gasteiger charge is -2.19. The van der Waals surface area contributed by atoms with E-state index in [0.29, 0.717) is 28.3 Å². The van der Waals surface area contributed by atoms with Crippen molar-refractivity contribution in [3.63, 3.8) is 0 Å². The Morgan fingerprint density at radius 2 is 1.86 bits per heavy atom. The van der Waals surface area contributed by atoms with Gasteiger partial charge in [0.25, 0.3) is 0 Å². The molecule has 186 valence electrons. The molecule has 37 heavy (non-hydrogen) atoms. The molecule has 2 atom stereocenters. The zero-order valence-electron chi connectivity index (χ0n) is 20.3. The van der Waals surface area contributed by atoms with Crippen molar-refractivity contribution < 1.29 is 13.5 Å². The van der Waals surface area contributed by atoms with Crippen LogP contribution in [0.2, 0.25) is 5.02 Å². The maximum absolute atomic E-state index is 15.5. The van der Waals surface area contributed by atoms with Crippen LogP contribution >= 0.6 is 11.6 Å².